The van der Waals surface area contributed by atoms with Gasteiger partial charge >= 0.3 is 0 Å². The highest BCUT2D eigenvalue weighted by Crippen LogP contribution is 2.16. The molecule has 1 heterocycles. The largest absolute Gasteiger partial charge is 0.326 e. The zero-order chi connectivity index (χ0) is 12.4. The van der Waals surface area contributed by atoms with Gasteiger partial charge in [0.15, 0.2) is 0 Å². The van der Waals surface area contributed by atoms with Gasteiger partial charge in [0, 0.05) is 12.7 Å². The average molecular weight is 254 g/mol. The topological polar surface area (TPSA) is 43.8 Å². The molecule has 0 radical (unpaired) electrons. The lowest BCUT2D eigenvalue weighted by Gasteiger charge is -2.08. The van der Waals surface area contributed by atoms with Gasteiger partial charge in [-0.1, -0.05) is 17.7 Å². The summed E-state index contributed by atoms with van der Waals surface area (Å²) in [7, 11) is 0. The molecule has 2 aromatic rings. The van der Waals surface area contributed by atoms with Crippen molar-refractivity contribution < 1.29 is 4.39 Å². The molecular formula is C12H13ClFN3. The van der Waals surface area contributed by atoms with E-state index < -0.39 is 0 Å². The first-order chi connectivity index (χ1) is 8.10. The van der Waals surface area contributed by atoms with Gasteiger partial charge in [-0.2, -0.15) is 5.10 Å². The summed E-state index contributed by atoms with van der Waals surface area (Å²) in [6.45, 7) is 2.68. The van der Waals surface area contributed by atoms with Crippen molar-refractivity contribution in [3.8, 4) is 0 Å². The Bertz CT molecular complexity index is 517. The van der Waals surface area contributed by atoms with Crippen LogP contribution in [0.5, 0.6) is 0 Å². The minimum absolute atomic E-state index is 0.271. The van der Waals surface area contributed by atoms with Crippen LogP contribution in [0.4, 0.5) is 4.39 Å². The summed E-state index contributed by atoms with van der Waals surface area (Å²) in [6, 6.07) is 4.59. The van der Waals surface area contributed by atoms with Crippen LogP contribution >= 0.6 is 11.6 Å². The smallest absolute Gasteiger partial charge is 0.123 e. The maximum absolute atomic E-state index is 13.2. The Hall–Kier alpha value is -1.39. The standard InChI is InChI=1S/C12H13ClFN3/c1-8-12(13)7-17(16-8)6-10-4-11(14)3-2-9(10)5-15/h2-4,7H,5-6,15H2,1H3. The molecule has 2 N–H and O–H groups in total. The third kappa shape index (κ3) is 2.65. The molecule has 0 amide bonds. The van der Waals surface area contributed by atoms with Crippen molar-refractivity contribution in [2.45, 2.75) is 20.0 Å². The number of hydrogen-bond acceptors (Lipinski definition) is 2. The Balaban J connectivity index is 2.31. The number of benzene rings is 1. The first-order valence-corrected chi connectivity index (χ1v) is 5.65. The van der Waals surface area contributed by atoms with Crippen LogP contribution in [0.15, 0.2) is 24.4 Å². The summed E-state index contributed by atoms with van der Waals surface area (Å²) in [5, 5.41) is 4.84. The molecule has 0 fully saturated rings. The molecule has 0 saturated carbocycles. The normalized spacial score (nSPS) is 10.8. The number of nitrogens with zero attached hydrogens (tertiary/aromatic N) is 2. The summed E-state index contributed by atoms with van der Waals surface area (Å²) < 4.78 is 14.9. The number of hydrogen-bond donors (Lipinski definition) is 1. The number of aryl methyl sites for hydroxylation is 1. The van der Waals surface area contributed by atoms with Gasteiger partial charge in [-0.15, -0.1) is 0 Å². The van der Waals surface area contributed by atoms with E-state index in [1.54, 1.807) is 16.9 Å². The summed E-state index contributed by atoms with van der Waals surface area (Å²) in [4.78, 5) is 0. The summed E-state index contributed by atoms with van der Waals surface area (Å²) in [5.74, 6) is -0.271. The summed E-state index contributed by atoms with van der Waals surface area (Å²) >= 11 is 5.92. The molecule has 0 atom stereocenters. The van der Waals surface area contributed by atoms with E-state index in [0.717, 1.165) is 16.8 Å². The number of nitrogens with two attached hydrogens (primary N) is 1. The molecule has 3 nitrogen and oxygen atoms in total. The van der Waals surface area contributed by atoms with Crippen LogP contribution in [0.1, 0.15) is 16.8 Å². The molecule has 1 aromatic carbocycles. The van der Waals surface area contributed by atoms with Crippen molar-refractivity contribution in [3.05, 3.63) is 52.1 Å². The van der Waals surface area contributed by atoms with Crippen molar-refractivity contribution >= 4 is 11.6 Å². The van der Waals surface area contributed by atoms with Crippen molar-refractivity contribution in [3.63, 3.8) is 0 Å². The fraction of sp³-hybridized carbons (Fsp3) is 0.250. The van der Waals surface area contributed by atoms with Gasteiger partial charge in [-0.05, 0) is 30.2 Å². The van der Waals surface area contributed by atoms with Crippen LogP contribution in [0.2, 0.25) is 5.02 Å². The van der Waals surface area contributed by atoms with Crippen molar-refractivity contribution in [1.82, 2.24) is 9.78 Å². The molecule has 2 rings (SSSR count). The summed E-state index contributed by atoms with van der Waals surface area (Å²) in [6.07, 6.45) is 1.72. The van der Waals surface area contributed by atoms with E-state index in [1.165, 1.54) is 12.1 Å². The molecule has 0 bridgehead atoms. The third-order valence-electron chi connectivity index (χ3n) is 2.61. The lowest BCUT2D eigenvalue weighted by molar-refractivity contribution is 0.616. The summed E-state index contributed by atoms with van der Waals surface area (Å²) in [5.41, 5.74) is 8.11. The number of rotatable bonds is 3. The lowest BCUT2D eigenvalue weighted by atomic mass is 10.1. The van der Waals surface area contributed by atoms with Gasteiger partial charge in [0.1, 0.15) is 5.82 Å². The first-order valence-electron chi connectivity index (χ1n) is 5.27. The molecule has 5 heteroatoms. The first kappa shape index (κ1) is 12.1. The molecule has 0 spiro atoms. The SMILES string of the molecule is Cc1nn(Cc2cc(F)ccc2CN)cc1Cl. The number of aromatic nitrogens is 2. The van der Waals surface area contributed by atoms with E-state index in [9.17, 15) is 4.39 Å². The molecule has 1 aromatic heterocycles. The highest BCUT2D eigenvalue weighted by molar-refractivity contribution is 6.31. The minimum atomic E-state index is -0.271. The van der Waals surface area contributed by atoms with Crippen LogP contribution < -0.4 is 5.73 Å². The Morgan fingerprint density at radius 2 is 2.18 bits per heavy atom. The van der Waals surface area contributed by atoms with E-state index >= 15 is 0 Å². The van der Waals surface area contributed by atoms with E-state index in [2.05, 4.69) is 5.10 Å². The quantitative estimate of drug-likeness (QED) is 0.913. The van der Waals surface area contributed by atoms with E-state index in [0.29, 0.717) is 18.1 Å². The van der Waals surface area contributed by atoms with E-state index in [1.807, 2.05) is 6.92 Å². The Morgan fingerprint density at radius 1 is 1.41 bits per heavy atom. The van der Waals surface area contributed by atoms with Gasteiger partial charge in [-0.25, -0.2) is 4.39 Å². The highest BCUT2D eigenvalue weighted by Gasteiger charge is 2.06. The highest BCUT2D eigenvalue weighted by atomic mass is 35.5. The van der Waals surface area contributed by atoms with Crippen molar-refractivity contribution in [1.29, 1.82) is 0 Å². The molecule has 0 aliphatic heterocycles. The van der Waals surface area contributed by atoms with Crippen LogP contribution in [0.3, 0.4) is 0 Å². The molecule has 17 heavy (non-hydrogen) atoms. The molecule has 0 unspecified atom stereocenters. The van der Waals surface area contributed by atoms with Crippen LogP contribution in [0, 0.1) is 12.7 Å². The molecule has 90 valence electrons. The predicted octanol–water partition coefficient (Wildman–Crippen LogP) is 2.49. The molecule has 0 aliphatic carbocycles. The van der Waals surface area contributed by atoms with Gasteiger partial charge < -0.3 is 5.73 Å². The maximum atomic E-state index is 13.2. The van der Waals surface area contributed by atoms with Crippen molar-refractivity contribution in [2.24, 2.45) is 5.73 Å². The molecule has 0 saturated heterocycles. The fourth-order valence-electron chi connectivity index (χ4n) is 1.69. The van der Waals surface area contributed by atoms with Crippen LogP contribution in [-0.4, -0.2) is 9.78 Å². The van der Waals surface area contributed by atoms with Crippen LogP contribution in [0.25, 0.3) is 0 Å². The monoisotopic (exact) mass is 253 g/mol. The number of halogens is 2. The average Bonchev–Trinajstić information content (AvgIpc) is 2.58. The van der Waals surface area contributed by atoms with E-state index in [4.69, 9.17) is 17.3 Å². The van der Waals surface area contributed by atoms with E-state index in [-0.39, 0.29) is 5.82 Å². The zero-order valence-corrected chi connectivity index (χ0v) is 10.2. The van der Waals surface area contributed by atoms with Crippen LogP contribution in [-0.2, 0) is 13.1 Å². The second-order valence-corrected chi connectivity index (χ2v) is 4.28. The van der Waals surface area contributed by atoms with Gasteiger partial charge in [0.2, 0.25) is 0 Å². The Morgan fingerprint density at radius 3 is 2.76 bits per heavy atom. The second kappa shape index (κ2) is 4.85. The lowest BCUT2D eigenvalue weighted by Crippen LogP contribution is -2.07. The maximum Gasteiger partial charge on any atom is 0.123 e. The third-order valence-corrected chi connectivity index (χ3v) is 2.98. The van der Waals surface area contributed by atoms with Gasteiger partial charge in [0.25, 0.3) is 0 Å². The van der Waals surface area contributed by atoms with Gasteiger partial charge in [-0.3, -0.25) is 4.68 Å². The zero-order valence-electron chi connectivity index (χ0n) is 9.45. The second-order valence-electron chi connectivity index (χ2n) is 3.88. The predicted molar refractivity (Wildman–Crippen MR) is 65.4 cm³/mol. The Kier molecular flexibility index (Phi) is 3.45. The minimum Gasteiger partial charge on any atom is -0.326 e. The fourth-order valence-corrected chi connectivity index (χ4v) is 1.84. The van der Waals surface area contributed by atoms with Crippen molar-refractivity contribution in [2.75, 3.05) is 0 Å². The molecule has 0 aliphatic rings. The molecular weight excluding hydrogens is 241 g/mol. The van der Waals surface area contributed by atoms with Gasteiger partial charge in [0.05, 0.1) is 17.3 Å². The Labute approximate surface area is 104 Å².